The van der Waals surface area contributed by atoms with Crippen LogP contribution in [0.3, 0.4) is 0 Å². The molecule has 2 heteroatoms. The third-order valence-electron chi connectivity index (χ3n) is 4.38. The van der Waals surface area contributed by atoms with Crippen molar-refractivity contribution in [2.24, 2.45) is 11.7 Å². The Morgan fingerprint density at radius 1 is 1.28 bits per heavy atom. The SMILES string of the molecule is CC1(C)Cc2cc(C(N)C3CCCC3)ccc2O1. The molecule has 1 unspecified atom stereocenters. The fourth-order valence-electron chi connectivity index (χ4n) is 3.43. The Balaban J connectivity index is 1.83. The smallest absolute Gasteiger partial charge is 0.123 e. The molecule has 0 radical (unpaired) electrons. The number of hydrogen-bond acceptors (Lipinski definition) is 2. The number of nitrogens with two attached hydrogens (primary N) is 1. The van der Waals surface area contributed by atoms with E-state index >= 15 is 0 Å². The van der Waals surface area contributed by atoms with Crippen LogP contribution in [0.5, 0.6) is 5.75 Å². The van der Waals surface area contributed by atoms with Gasteiger partial charge in [-0.2, -0.15) is 0 Å². The summed E-state index contributed by atoms with van der Waals surface area (Å²) in [6.07, 6.45) is 6.27. The van der Waals surface area contributed by atoms with Crippen LogP contribution < -0.4 is 10.5 Å². The summed E-state index contributed by atoms with van der Waals surface area (Å²) in [7, 11) is 0. The first-order valence-corrected chi connectivity index (χ1v) is 7.13. The number of benzene rings is 1. The lowest BCUT2D eigenvalue weighted by Gasteiger charge is -2.19. The van der Waals surface area contributed by atoms with Crippen molar-refractivity contribution in [1.29, 1.82) is 0 Å². The Morgan fingerprint density at radius 2 is 2.00 bits per heavy atom. The number of hydrogen-bond donors (Lipinski definition) is 1. The molecule has 0 spiro atoms. The van der Waals surface area contributed by atoms with E-state index in [2.05, 4.69) is 32.0 Å². The van der Waals surface area contributed by atoms with Gasteiger partial charge in [-0.25, -0.2) is 0 Å². The Hall–Kier alpha value is -1.02. The van der Waals surface area contributed by atoms with Crippen molar-refractivity contribution in [2.45, 2.75) is 57.6 Å². The second-order valence-electron chi connectivity index (χ2n) is 6.48. The van der Waals surface area contributed by atoms with Crippen molar-refractivity contribution in [2.75, 3.05) is 0 Å². The van der Waals surface area contributed by atoms with Crippen molar-refractivity contribution in [3.05, 3.63) is 29.3 Å². The minimum Gasteiger partial charge on any atom is -0.487 e. The summed E-state index contributed by atoms with van der Waals surface area (Å²) in [4.78, 5) is 0. The topological polar surface area (TPSA) is 35.2 Å². The van der Waals surface area contributed by atoms with E-state index in [0.717, 1.165) is 12.2 Å². The predicted octanol–water partition coefficient (Wildman–Crippen LogP) is 3.59. The molecule has 2 nitrogen and oxygen atoms in total. The lowest BCUT2D eigenvalue weighted by Crippen LogP contribution is -2.24. The molecule has 98 valence electrons. The first-order valence-electron chi connectivity index (χ1n) is 7.13. The average Bonchev–Trinajstić information content (AvgIpc) is 2.91. The maximum atomic E-state index is 6.42. The van der Waals surface area contributed by atoms with Gasteiger partial charge in [0.1, 0.15) is 11.4 Å². The van der Waals surface area contributed by atoms with E-state index in [1.807, 2.05) is 0 Å². The molecular formula is C16H23NO. The van der Waals surface area contributed by atoms with E-state index in [-0.39, 0.29) is 11.6 Å². The van der Waals surface area contributed by atoms with Crippen LogP contribution in [0.25, 0.3) is 0 Å². The van der Waals surface area contributed by atoms with Crippen molar-refractivity contribution >= 4 is 0 Å². The summed E-state index contributed by atoms with van der Waals surface area (Å²) in [6.45, 7) is 4.28. The highest BCUT2D eigenvalue weighted by atomic mass is 16.5. The van der Waals surface area contributed by atoms with Gasteiger partial charge in [0.15, 0.2) is 0 Å². The Labute approximate surface area is 110 Å². The highest BCUT2D eigenvalue weighted by Gasteiger charge is 2.31. The molecule has 1 atom stereocenters. The molecule has 1 aromatic rings. The fourth-order valence-corrected chi connectivity index (χ4v) is 3.43. The molecule has 18 heavy (non-hydrogen) atoms. The van der Waals surface area contributed by atoms with Gasteiger partial charge in [-0.1, -0.05) is 25.0 Å². The van der Waals surface area contributed by atoms with Crippen molar-refractivity contribution < 1.29 is 4.74 Å². The quantitative estimate of drug-likeness (QED) is 0.864. The highest BCUT2D eigenvalue weighted by molar-refractivity contribution is 5.42. The largest absolute Gasteiger partial charge is 0.487 e. The van der Waals surface area contributed by atoms with E-state index in [1.165, 1.54) is 36.8 Å². The number of rotatable bonds is 2. The van der Waals surface area contributed by atoms with Gasteiger partial charge in [0, 0.05) is 12.5 Å². The lowest BCUT2D eigenvalue weighted by molar-refractivity contribution is 0.138. The maximum absolute atomic E-state index is 6.42. The summed E-state index contributed by atoms with van der Waals surface area (Å²) in [5.74, 6) is 1.72. The van der Waals surface area contributed by atoms with Gasteiger partial charge in [0.2, 0.25) is 0 Å². The van der Waals surface area contributed by atoms with Gasteiger partial charge in [-0.15, -0.1) is 0 Å². The van der Waals surface area contributed by atoms with Crippen LogP contribution >= 0.6 is 0 Å². The average molecular weight is 245 g/mol. The van der Waals surface area contributed by atoms with Crippen molar-refractivity contribution in [3.63, 3.8) is 0 Å². The molecular weight excluding hydrogens is 222 g/mol. The molecule has 0 bridgehead atoms. The molecule has 1 fully saturated rings. The van der Waals surface area contributed by atoms with E-state index < -0.39 is 0 Å². The first-order chi connectivity index (χ1) is 8.55. The summed E-state index contributed by atoms with van der Waals surface area (Å²) in [5, 5.41) is 0. The van der Waals surface area contributed by atoms with Gasteiger partial charge in [0.25, 0.3) is 0 Å². The van der Waals surface area contributed by atoms with E-state index in [4.69, 9.17) is 10.5 Å². The standard InChI is InChI=1S/C16H23NO/c1-16(2)10-13-9-12(7-8-14(13)18-16)15(17)11-5-3-4-6-11/h7-9,11,15H,3-6,10,17H2,1-2H3. The third-order valence-corrected chi connectivity index (χ3v) is 4.38. The summed E-state index contributed by atoms with van der Waals surface area (Å²) < 4.78 is 5.91. The molecule has 2 N–H and O–H groups in total. The Bertz CT molecular complexity index is 446. The van der Waals surface area contributed by atoms with Crippen molar-refractivity contribution in [1.82, 2.24) is 0 Å². The number of ether oxygens (including phenoxy) is 1. The zero-order valence-electron chi connectivity index (χ0n) is 11.4. The minimum atomic E-state index is -0.0571. The zero-order valence-corrected chi connectivity index (χ0v) is 11.4. The zero-order chi connectivity index (χ0) is 12.8. The normalized spacial score (nSPS) is 23.7. The van der Waals surface area contributed by atoms with Gasteiger partial charge < -0.3 is 10.5 Å². The lowest BCUT2D eigenvalue weighted by atomic mass is 9.90. The second kappa shape index (κ2) is 4.27. The summed E-state index contributed by atoms with van der Waals surface area (Å²) in [6, 6.07) is 6.74. The van der Waals surface area contributed by atoms with E-state index in [0.29, 0.717) is 5.92 Å². The van der Waals surface area contributed by atoms with Gasteiger partial charge in [-0.3, -0.25) is 0 Å². The van der Waals surface area contributed by atoms with Gasteiger partial charge >= 0.3 is 0 Å². The minimum absolute atomic E-state index is 0.0571. The van der Waals surface area contributed by atoms with Crippen LogP contribution in [0.2, 0.25) is 0 Å². The molecule has 1 aliphatic carbocycles. The molecule has 1 aromatic carbocycles. The first kappa shape index (κ1) is 12.0. The van der Waals surface area contributed by atoms with Crippen LogP contribution in [0.4, 0.5) is 0 Å². The maximum Gasteiger partial charge on any atom is 0.123 e. The Kier molecular flexibility index (Phi) is 2.86. The van der Waals surface area contributed by atoms with Crippen LogP contribution in [0.15, 0.2) is 18.2 Å². The molecule has 0 aromatic heterocycles. The third kappa shape index (κ3) is 2.14. The summed E-state index contributed by atoms with van der Waals surface area (Å²) >= 11 is 0. The van der Waals surface area contributed by atoms with Gasteiger partial charge in [0.05, 0.1) is 0 Å². The summed E-state index contributed by atoms with van der Waals surface area (Å²) in [5.41, 5.74) is 8.98. The Morgan fingerprint density at radius 3 is 2.72 bits per heavy atom. The molecule has 1 heterocycles. The highest BCUT2D eigenvalue weighted by Crippen LogP contribution is 2.39. The van der Waals surface area contributed by atoms with Crippen LogP contribution in [-0.2, 0) is 6.42 Å². The fraction of sp³-hybridized carbons (Fsp3) is 0.625. The van der Waals surface area contributed by atoms with Gasteiger partial charge in [-0.05, 0) is 49.8 Å². The molecule has 0 amide bonds. The van der Waals surface area contributed by atoms with Crippen molar-refractivity contribution in [3.8, 4) is 5.75 Å². The molecule has 1 aliphatic heterocycles. The molecule has 0 saturated heterocycles. The van der Waals surface area contributed by atoms with E-state index in [9.17, 15) is 0 Å². The van der Waals surface area contributed by atoms with Crippen LogP contribution in [0.1, 0.15) is 56.7 Å². The van der Waals surface area contributed by atoms with Crippen LogP contribution in [-0.4, -0.2) is 5.60 Å². The second-order valence-corrected chi connectivity index (χ2v) is 6.48. The predicted molar refractivity (Wildman–Crippen MR) is 73.7 cm³/mol. The van der Waals surface area contributed by atoms with E-state index in [1.54, 1.807) is 0 Å². The monoisotopic (exact) mass is 245 g/mol. The molecule has 1 saturated carbocycles. The number of fused-ring (bicyclic) bond motifs is 1. The molecule has 2 aliphatic rings. The van der Waals surface area contributed by atoms with Crippen LogP contribution in [0, 0.1) is 5.92 Å². The molecule has 3 rings (SSSR count).